The van der Waals surface area contributed by atoms with Crippen molar-refractivity contribution in [3.05, 3.63) is 71.8 Å². The summed E-state index contributed by atoms with van der Waals surface area (Å²) in [4.78, 5) is 23.6. The topological polar surface area (TPSA) is 61.8 Å². The molecule has 0 heterocycles. The van der Waals surface area contributed by atoms with E-state index in [-0.39, 0.29) is 19.2 Å². The van der Waals surface area contributed by atoms with E-state index < -0.39 is 11.4 Å². The van der Waals surface area contributed by atoms with Crippen molar-refractivity contribution in [3.63, 3.8) is 0 Å². The number of benzene rings is 2. The molecular formula is C24H28O5. The van der Waals surface area contributed by atoms with E-state index >= 15 is 0 Å². The Balaban J connectivity index is 1.71. The standard InChI is InChI=1S/C24H28O5/c1-4-24(2,3)23(26)28-17-16-27-22(25)15-12-19-10-13-21(14-11-19)29-18-20-8-6-5-7-9-20/h5-15H,4,16-18H2,1-3H3/b15-12+. The molecule has 0 atom stereocenters. The van der Waals surface area contributed by atoms with Crippen LogP contribution in [0.5, 0.6) is 5.75 Å². The molecule has 5 heteroatoms. The predicted octanol–water partition coefficient (Wildman–Crippen LogP) is 4.80. The fraction of sp³-hybridized carbons (Fsp3) is 0.333. The normalized spacial score (nSPS) is 11.3. The van der Waals surface area contributed by atoms with Crippen molar-refractivity contribution in [3.8, 4) is 5.75 Å². The molecular weight excluding hydrogens is 368 g/mol. The van der Waals surface area contributed by atoms with Crippen molar-refractivity contribution in [2.45, 2.75) is 33.8 Å². The summed E-state index contributed by atoms with van der Waals surface area (Å²) in [5, 5.41) is 0. The molecule has 154 valence electrons. The highest BCUT2D eigenvalue weighted by Gasteiger charge is 2.26. The summed E-state index contributed by atoms with van der Waals surface area (Å²) in [6.45, 7) is 6.15. The second-order valence-electron chi connectivity index (χ2n) is 7.22. The fourth-order valence-electron chi connectivity index (χ4n) is 2.24. The summed E-state index contributed by atoms with van der Waals surface area (Å²) in [7, 11) is 0. The molecule has 0 bridgehead atoms. The fourth-order valence-corrected chi connectivity index (χ4v) is 2.24. The van der Waals surface area contributed by atoms with Gasteiger partial charge in [0.25, 0.3) is 0 Å². The van der Waals surface area contributed by atoms with Crippen LogP contribution in [0.2, 0.25) is 0 Å². The molecule has 2 aromatic rings. The third kappa shape index (κ3) is 7.82. The second-order valence-corrected chi connectivity index (χ2v) is 7.22. The minimum atomic E-state index is -0.527. The maximum absolute atomic E-state index is 11.8. The minimum absolute atomic E-state index is 0.0287. The van der Waals surface area contributed by atoms with Gasteiger partial charge in [0, 0.05) is 6.08 Å². The molecule has 2 rings (SSSR count). The molecule has 0 saturated heterocycles. The first-order chi connectivity index (χ1) is 13.9. The van der Waals surface area contributed by atoms with Gasteiger partial charge in [-0.05, 0) is 49.6 Å². The van der Waals surface area contributed by atoms with Crippen LogP contribution in [0.4, 0.5) is 0 Å². The minimum Gasteiger partial charge on any atom is -0.489 e. The molecule has 0 N–H and O–H groups in total. The van der Waals surface area contributed by atoms with E-state index in [1.165, 1.54) is 6.08 Å². The summed E-state index contributed by atoms with van der Waals surface area (Å²) < 4.78 is 15.9. The molecule has 0 radical (unpaired) electrons. The second kappa shape index (κ2) is 11.1. The lowest BCUT2D eigenvalue weighted by Crippen LogP contribution is -2.27. The quantitative estimate of drug-likeness (QED) is 0.328. The van der Waals surface area contributed by atoms with Gasteiger partial charge in [-0.3, -0.25) is 4.79 Å². The van der Waals surface area contributed by atoms with Crippen LogP contribution in [-0.4, -0.2) is 25.2 Å². The summed E-state index contributed by atoms with van der Waals surface area (Å²) in [5.41, 5.74) is 1.43. The maximum atomic E-state index is 11.8. The Bertz CT molecular complexity index is 807. The van der Waals surface area contributed by atoms with E-state index in [1.807, 2.05) is 75.4 Å². The van der Waals surface area contributed by atoms with E-state index in [1.54, 1.807) is 6.08 Å². The zero-order valence-corrected chi connectivity index (χ0v) is 17.2. The van der Waals surface area contributed by atoms with Gasteiger partial charge in [-0.15, -0.1) is 0 Å². The van der Waals surface area contributed by atoms with Crippen molar-refractivity contribution in [1.29, 1.82) is 0 Å². The Hall–Kier alpha value is -3.08. The summed E-state index contributed by atoms with van der Waals surface area (Å²) in [6, 6.07) is 17.4. The number of esters is 2. The lowest BCUT2D eigenvalue weighted by atomic mass is 9.91. The predicted molar refractivity (Wildman–Crippen MR) is 112 cm³/mol. The Morgan fingerprint density at radius 1 is 0.931 bits per heavy atom. The summed E-state index contributed by atoms with van der Waals surface area (Å²) >= 11 is 0. The monoisotopic (exact) mass is 396 g/mol. The highest BCUT2D eigenvalue weighted by atomic mass is 16.6. The van der Waals surface area contributed by atoms with Crippen LogP contribution in [0, 0.1) is 5.41 Å². The highest BCUT2D eigenvalue weighted by Crippen LogP contribution is 2.21. The molecule has 5 nitrogen and oxygen atoms in total. The van der Waals surface area contributed by atoms with E-state index in [0.717, 1.165) is 16.9 Å². The molecule has 29 heavy (non-hydrogen) atoms. The Morgan fingerprint density at radius 3 is 2.24 bits per heavy atom. The highest BCUT2D eigenvalue weighted by molar-refractivity contribution is 5.87. The Morgan fingerprint density at radius 2 is 1.59 bits per heavy atom. The van der Waals surface area contributed by atoms with Crippen LogP contribution in [0.1, 0.15) is 38.3 Å². The molecule has 2 aromatic carbocycles. The molecule has 0 aliphatic rings. The largest absolute Gasteiger partial charge is 0.489 e. The zero-order chi connectivity index (χ0) is 21.1. The first-order valence-electron chi connectivity index (χ1n) is 9.69. The van der Waals surface area contributed by atoms with Crippen molar-refractivity contribution in [2.24, 2.45) is 5.41 Å². The van der Waals surface area contributed by atoms with E-state index in [4.69, 9.17) is 14.2 Å². The van der Waals surface area contributed by atoms with Crippen LogP contribution < -0.4 is 4.74 Å². The molecule has 0 aliphatic heterocycles. The summed E-state index contributed by atoms with van der Waals surface area (Å²) in [6.07, 6.45) is 3.69. The number of rotatable bonds is 10. The van der Waals surface area contributed by atoms with Crippen LogP contribution in [-0.2, 0) is 25.7 Å². The van der Waals surface area contributed by atoms with Crippen molar-refractivity contribution < 1.29 is 23.8 Å². The SMILES string of the molecule is CCC(C)(C)C(=O)OCCOC(=O)/C=C/c1ccc(OCc2ccccc2)cc1. The third-order valence-corrected chi connectivity index (χ3v) is 4.54. The number of ether oxygens (including phenoxy) is 3. The molecule has 0 aliphatic carbocycles. The number of carbonyl (C=O) groups excluding carboxylic acids is 2. The number of hydrogen-bond acceptors (Lipinski definition) is 5. The first-order valence-corrected chi connectivity index (χ1v) is 9.69. The van der Waals surface area contributed by atoms with Crippen LogP contribution in [0.15, 0.2) is 60.7 Å². The number of carbonyl (C=O) groups is 2. The van der Waals surface area contributed by atoms with Gasteiger partial charge in [0.1, 0.15) is 25.6 Å². The van der Waals surface area contributed by atoms with Gasteiger partial charge in [-0.1, -0.05) is 49.4 Å². The van der Waals surface area contributed by atoms with Gasteiger partial charge < -0.3 is 14.2 Å². The molecule has 0 fully saturated rings. The molecule has 0 aromatic heterocycles. The van der Waals surface area contributed by atoms with E-state index in [2.05, 4.69) is 0 Å². The van der Waals surface area contributed by atoms with Gasteiger partial charge in [0.2, 0.25) is 0 Å². The number of hydrogen-bond donors (Lipinski definition) is 0. The van der Waals surface area contributed by atoms with Gasteiger partial charge in [-0.2, -0.15) is 0 Å². The smallest absolute Gasteiger partial charge is 0.330 e. The third-order valence-electron chi connectivity index (χ3n) is 4.54. The average Bonchev–Trinajstić information content (AvgIpc) is 2.75. The molecule has 0 amide bonds. The first kappa shape index (κ1) is 22.2. The maximum Gasteiger partial charge on any atom is 0.330 e. The van der Waals surface area contributed by atoms with Crippen molar-refractivity contribution in [1.82, 2.24) is 0 Å². The van der Waals surface area contributed by atoms with Gasteiger partial charge in [0.05, 0.1) is 5.41 Å². The zero-order valence-electron chi connectivity index (χ0n) is 17.2. The van der Waals surface area contributed by atoms with Gasteiger partial charge in [-0.25, -0.2) is 4.79 Å². The van der Waals surface area contributed by atoms with E-state index in [0.29, 0.717) is 13.0 Å². The van der Waals surface area contributed by atoms with Gasteiger partial charge >= 0.3 is 11.9 Å². The average molecular weight is 396 g/mol. The molecule has 0 saturated carbocycles. The van der Waals surface area contributed by atoms with Crippen LogP contribution in [0.3, 0.4) is 0 Å². The molecule has 0 unspecified atom stereocenters. The van der Waals surface area contributed by atoms with E-state index in [9.17, 15) is 9.59 Å². The van der Waals surface area contributed by atoms with Crippen molar-refractivity contribution >= 4 is 18.0 Å². The van der Waals surface area contributed by atoms with Crippen molar-refractivity contribution in [2.75, 3.05) is 13.2 Å². The lowest BCUT2D eigenvalue weighted by Gasteiger charge is -2.20. The molecule has 0 spiro atoms. The summed E-state index contributed by atoms with van der Waals surface area (Å²) in [5.74, 6) is -0.0215. The Labute approximate surface area is 172 Å². The lowest BCUT2D eigenvalue weighted by molar-refractivity contribution is -0.157. The van der Waals surface area contributed by atoms with Gasteiger partial charge in [0.15, 0.2) is 0 Å². The Kier molecular flexibility index (Phi) is 8.46. The van der Waals surface area contributed by atoms with Crippen LogP contribution in [0.25, 0.3) is 6.08 Å². The van der Waals surface area contributed by atoms with Crippen LogP contribution >= 0.6 is 0 Å².